The number of phenolic OH excluding ortho intramolecular Hbond substituents is 3. The van der Waals surface area contributed by atoms with Crippen molar-refractivity contribution in [3.05, 3.63) is 89.0 Å². The maximum Gasteiger partial charge on any atom is 0.200 e. The fraction of sp³-hybridized carbons (Fsp3) is 0.533. The minimum absolute atomic E-state index is 0.00765. The molecule has 2 spiro atoms. The molecular weight excluding hydrogens is 681 g/mol. The molecule has 1 heterocycles. The number of carbonyl (C=O) groups is 1. The number of fused-ring (bicyclic) bond motifs is 2. The number of nitrogens with one attached hydrogen (secondary N) is 1. The fourth-order valence-electron chi connectivity index (χ4n) is 11.0. The highest BCUT2D eigenvalue weighted by Gasteiger charge is 2.53. The summed E-state index contributed by atoms with van der Waals surface area (Å²) in [4.78, 5) is 13.5. The van der Waals surface area contributed by atoms with E-state index in [1.165, 1.54) is 37.3 Å². The fourth-order valence-corrected chi connectivity index (χ4v) is 11.0. The van der Waals surface area contributed by atoms with Gasteiger partial charge in [0.2, 0.25) is 5.75 Å². The van der Waals surface area contributed by atoms with Crippen LogP contribution in [-0.4, -0.2) is 57.2 Å². The first-order chi connectivity index (χ1) is 26.2. The molecule has 5 aliphatic carbocycles. The van der Waals surface area contributed by atoms with Crippen LogP contribution in [0.25, 0.3) is 0 Å². The van der Waals surface area contributed by atoms with E-state index in [2.05, 4.69) is 29.6 Å². The third-order valence-electron chi connectivity index (χ3n) is 13.8. The van der Waals surface area contributed by atoms with E-state index in [4.69, 9.17) is 15.2 Å². The topological polar surface area (TPSA) is 154 Å². The lowest BCUT2D eigenvalue weighted by molar-refractivity contribution is -0.121. The van der Waals surface area contributed by atoms with E-state index < -0.39 is 6.10 Å². The smallest absolute Gasteiger partial charge is 0.200 e. The molecule has 54 heavy (non-hydrogen) atoms. The minimum atomic E-state index is -0.952. The molecule has 3 fully saturated rings. The van der Waals surface area contributed by atoms with E-state index >= 15 is 0 Å². The number of aliphatic hydroxyl groups excluding tert-OH is 1. The predicted molar refractivity (Wildman–Crippen MR) is 207 cm³/mol. The summed E-state index contributed by atoms with van der Waals surface area (Å²) in [5.41, 5.74) is 9.42. The van der Waals surface area contributed by atoms with Gasteiger partial charge in [-0.25, -0.2) is 0 Å². The number of benzene rings is 3. The number of hydrogen-bond donors (Lipinski definition) is 6. The Hall–Kier alpha value is -4.05. The van der Waals surface area contributed by atoms with Gasteiger partial charge in [0, 0.05) is 54.2 Å². The van der Waals surface area contributed by atoms with Crippen LogP contribution in [0.15, 0.2) is 66.7 Å². The summed E-state index contributed by atoms with van der Waals surface area (Å²) >= 11 is 0. The molecule has 0 radical (unpaired) electrons. The number of nitrogens with two attached hydrogens (primary N) is 1. The van der Waals surface area contributed by atoms with E-state index in [0.717, 1.165) is 68.2 Å². The van der Waals surface area contributed by atoms with Gasteiger partial charge in [-0.1, -0.05) is 74.2 Å². The van der Waals surface area contributed by atoms with Crippen LogP contribution in [0.4, 0.5) is 0 Å². The van der Waals surface area contributed by atoms with Gasteiger partial charge in [0.15, 0.2) is 23.0 Å². The number of aryl methyl sites for hydroxylation is 1. The number of Topliss-reactive ketones (excluding diaryl/α,β-unsaturated/α-hetero) is 1. The lowest BCUT2D eigenvalue weighted by Gasteiger charge is -2.50. The molecule has 9 nitrogen and oxygen atoms in total. The Morgan fingerprint density at radius 1 is 0.926 bits per heavy atom. The maximum absolute atomic E-state index is 13.5. The van der Waals surface area contributed by atoms with Crippen molar-refractivity contribution in [3.8, 4) is 28.7 Å². The van der Waals surface area contributed by atoms with Crippen molar-refractivity contribution in [2.75, 3.05) is 13.3 Å². The summed E-state index contributed by atoms with van der Waals surface area (Å²) < 4.78 is 12.5. The molecule has 9 rings (SSSR count). The van der Waals surface area contributed by atoms with Crippen LogP contribution in [-0.2, 0) is 17.6 Å². The first kappa shape index (κ1) is 36.9. The molecule has 0 amide bonds. The summed E-state index contributed by atoms with van der Waals surface area (Å²) in [5.74, 6) is -0.335. The van der Waals surface area contributed by atoms with Gasteiger partial charge < -0.3 is 35.2 Å². The lowest BCUT2D eigenvalue weighted by Crippen LogP contribution is -2.61. The minimum Gasteiger partial charge on any atom is -0.504 e. The van der Waals surface area contributed by atoms with Crippen molar-refractivity contribution in [2.45, 2.75) is 119 Å². The number of rotatable bonds is 12. The van der Waals surface area contributed by atoms with Gasteiger partial charge in [0.25, 0.3) is 0 Å². The van der Waals surface area contributed by atoms with Crippen LogP contribution in [0.2, 0.25) is 0 Å². The Kier molecular flexibility index (Phi) is 10.4. The van der Waals surface area contributed by atoms with Gasteiger partial charge >= 0.3 is 0 Å². The van der Waals surface area contributed by atoms with E-state index in [-0.39, 0.29) is 89.1 Å². The standard InChI is InChI=1S/C45H56N2O7/c46-27-53-38-21-29(11-15-35(38)49)10-13-32(48)23-36(50)33-14-12-30-22-31(20-28-8-2-1-3-9-28)40(33)34-24-37(51)42(52)43(41(30)34)54-39-25-45(18-6-7-19-45)47-26-44(39)16-4-5-17-44/h1-3,8-9,11-12,14-15,21,24,30-31,33,36,39-40,47,49-52H,4-7,10,13,16-20,22-23,25-27,46H2/t30-,31-,33+,36+,39+,40+/m1/s1. The van der Waals surface area contributed by atoms with Gasteiger partial charge in [0.1, 0.15) is 18.6 Å². The number of piperidine rings is 1. The number of ether oxygens (including phenoxy) is 2. The molecule has 0 aromatic heterocycles. The maximum atomic E-state index is 13.5. The largest absolute Gasteiger partial charge is 0.504 e. The Morgan fingerprint density at radius 2 is 1.69 bits per heavy atom. The van der Waals surface area contributed by atoms with Crippen LogP contribution in [0.3, 0.4) is 0 Å². The third-order valence-corrected chi connectivity index (χ3v) is 13.8. The molecular formula is C45H56N2O7. The van der Waals surface area contributed by atoms with E-state index in [9.17, 15) is 25.2 Å². The molecule has 3 aromatic rings. The summed E-state index contributed by atoms with van der Waals surface area (Å²) in [7, 11) is 0. The SMILES string of the molecule is NCOc1cc(CCC(=O)C[C@H](O)[C@@H]2C=C[C@@H]3C[C@@H](Cc4ccccc4)[C@@H]2c2cc(O)c(O)c(O[C@H]4CC5(CCCC5)NCC45CCCC5)c23)ccc1O. The second-order valence-electron chi connectivity index (χ2n) is 17.0. The van der Waals surface area contributed by atoms with Gasteiger partial charge in [-0.15, -0.1) is 0 Å². The number of hydrogen-bond acceptors (Lipinski definition) is 9. The predicted octanol–water partition coefficient (Wildman–Crippen LogP) is 7.28. The summed E-state index contributed by atoms with van der Waals surface area (Å²) in [5, 5.41) is 49.1. The molecule has 3 aromatic carbocycles. The molecule has 6 aliphatic rings. The van der Waals surface area contributed by atoms with Crippen LogP contribution in [0, 0.1) is 17.3 Å². The number of aromatic hydroxyl groups is 3. The molecule has 9 heteroatoms. The van der Waals surface area contributed by atoms with Crippen molar-refractivity contribution in [2.24, 2.45) is 23.0 Å². The Morgan fingerprint density at radius 3 is 2.44 bits per heavy atom. The quantitative estimate of drug-likeness (QED) is 0.0640. The van der Waals surface area contributed by atoms with Gasteiger partial charge in [0.05, 0.1) is 6.10 Å². The normalized spacial score (nSPS) is 26.8. The molecule has 1 aliphatic heterocycles. The molecule has 0 unspecified atom stereocenters. The number of ketones is 1. The zero-order valence-corrected chi connectivity index (χ0v) is 31.2. The molecule has 288 valence electrons. The van der Waals surface area contributed by atoms with E-state index in [1.807, 2.05) is 18.2 Å². The van der Waals surface area contributed by atoms with Crippen molar-refractivity contribution in [1.82, 2.24) is 5.32 Å². The average Bonchev–Trinajstić information content (AvgIpc) is 3.76. The zero-order valence-electron chi connectivity index (χ0n) is 31.2. The van der Waals surface area contributed by atoms with Crippen molar-refractivity contribution in [3.63, 3.8) is 0 Å². The molecule has 2 saturated carbocycles. The van der Waals surface area contributed by atoms with Gasteiger partial charge in [-0.05, 0) is 91.7 Å². The second kappa shape index (κ2) is 15.2. The molecule has 7 N–H and O–H groups in total. The van der Waals surface area contributed by atoms with Crippen LogP contribution < -0.4 is 20.5 Å². The van der Waals surface area contributed by atoms with Gasteiger partial charge in [-0.2, -0.15) is 0 Å². The van der Waals surface area contributed by atoms with E-state index in [1.54, 1.807) is 18.2 Å². The Bertz CT molecular complexity index is 1850. The van der Waals surface area contributed by atoms with Crippen molar-refractivity contribution < 1.29 is 34.7 Å². The highest BCUT2D eigenvalue weighted by molar-refractivity contribution is 5.79. The van der Waals surface area contributed by atoms with Crippen molar-refractivity contribution in [1.29, 1.82) is 0 Å². The first-order valence-corrected chi connectivity index (χ1v) is 20.2. The van der Waals surface area contributed by atoms with Gasteiger partial charge in [-0.3, -0.25) is 10.5 Å². The summed E-state index contributed by atoms with van der Waals surface area (Å²) in [6.45, 7) is 0.847. The molecule has 2 bridgehead atoms. The number of aliphatic hydroxyl groups is 1. The van der Waals surface area contributed by atoms with Crippen LogP contribution >= 0.6 is 0 Å². The highest BCUT2D eigenvalue weighted by Crippen LogP contribution is 2.59. The third kappa shape index (κ3) is 7.11. The van der Waals surface area contributed by atoms with Crippen molar-refractivity contribution >= 4 is 5.78 Å². The highest BCUT2D eigenvalue weighted by atomic mass is 16.5. The summed E-state index contributed by atoms with van der Waals surface area (Å²) in [6, 6.07) is 17.1. The Balaban J connectivity index is 1.10. The average molecular weight is 737 g/mol. The lowest BCUT2D eigenvalue weighted by atomic mass is 9.65. The van der Waals surface area contributed by atoms with Crippen LogP contribution in [0.5, 0.6) is 28.7 Å². The monoisotopic (exact) mass is 736 g/mol. The number of allylic oxidation sites excluding steroid dienone is 1. The number of carbonyl (C=O) groups excluding carboxylic acids is 1. The molecule has 6 atom stereocenters. The molecule has 1 saturated heterocycles. The van der Waals surface area contributed by atoms with Crippen LogP contribution in [0.1, 0.15) is 111 Å². The second-order valence-corrected chi connectivity index (χ2v) is 17.0. The van der Waals surface area contributed by atoms with E-state index in [0.29, 0.717) is 12.2 Å². The Labute approximate surface area is 318 Å². The zero-order chi connectivity index (χ0) is 37.5. The first-order valence-electron chi connectivity index (χ1n) is 20.2. The number of phenols is 3. The summed E-state index contributed by atoms with van der Waals surface area (Å²) in [6.07, 6.45) is 15.6.